The lowest BCUT2D eigenvalue weighted by atomic mass is 10.1. The molecule has 0 fully saturated rings. The molecule has 0 unspecified atom stereocenters. The largest absolute Gasteiger partial charge is 0.456 e. The van der Waals surface area contributed by atoms with Gasteiger partial charge in [0.25, 0.3) is 5.91 Å². The molecule has 0 aliphatic carbocycles. The number of amides is 1. The Labute approximate surface area is 144 Å². The zero-order chi connectivity index (χ0) is 16.8. The van der Waals surface area contributed by atoms with Crippen molar-refractivity contribution in [1.29, 1.82) is 0 Å². The molecule has 0 bridgehead atoms. The number of hydrogen-bond acceptors (Lipinski definition) is 3. The van der Waals surface area contributed by atoms with Crippen molar-refractivity contribution in [3.63, 3.8) is 0 Å². The van der Waals surface area contributed by atoms with Gasteiger partial charge in [-0.15, -0.1) is 0 Å². The first-order valence-corrected chi connectivity index (χ1v) is 8.08. The lowest BCUT2D eigenvalue weighted by molar-refractivity contribution is -0.150. The van der Waals surface area contributed by atoms with Crippen molar-refractivity contribution < 1.29 is 14.3 Å². The first-order valence-electron chi connectivity index (χ1n) is 7.29. The molecule has 0 aromatic heterocycles. The smallest absolute Gasteiger partial charge is 0.328 e. The van der Waals surface area contributed by atoms with E-state index in [1.807, 2.05) is 30.3 Å². The van der Waals surface area contributed by atoms with E-state index in [-0.39, 0.29) is 12.0 Å². The summed E-state index contributed by atoms with van der Waals surface area (Å²) in [6.07, 6.45) is -0.365. The molecule has 2 atom stereocenters. The summed E-state index contributed by atoms with van der Waals surface area (Å²) < 4.78 is 6.28. The Morgan fingerprint density at radius 1 is 1.00 bits per heavy atom. The third kappa shape index (κ3) is 4.93. The zero-order valence-electron chi connectivity index (χ0n) is 13.0. The standard InChI is InChI=1S/C18H18BrNO3/c1-12(20-17(21)15-8-10-16(19)11-9-15)18(22)23-13(2)14-6-4-3-5-7-14/h3-13H,1-2H3,(H,20,21)/t12-,13+/m0/s1. The van der Waals surface area contributed by atoms with Gasteiger partial charge in [-0.2, -0.15) is 0 Å². The van der Waals surface area contributed by atoms with Crippen molar-refractivity contribution in [3.05, 3.63) is 70.2 Å². The number of carbonyl (C=O) groups is 2. The maximum Gasteiger partial charge on any atom is 0.328 e. The molecule has 0 aliphatic rings. The van der Waals surface area contributed by atoms with E-state index in [2.05, 4.69) is 21.2 Å². The summed E-state index contributed by atoms with van der Waals surface area (Å²) >= 11 is 3.31. The molecule has 0 radical (unpaired) electrons. The van der Waals surface area contributed by atoms with Crippen LogP contribution in [0.2, 0.25) is 0 Å². The molecule has 1 amide bonds. The molecular weight excluding hydrogens is 358 g/mol. The van der Waals surface area contributed by atoms with Gasteiger partial charge >= 0.3 is 5.97 Å². The average molecular weight is 376 g/mol. The zero-order valence-corrected chi connectivity index (χ0v) is 14.5. The minimum Gasteiger partial charge on any atom is -0.456 e. The Morgan fingerprint density at radius 3 is 2.22 bits per heavy atom. The van der Waals surface area contributed by atoms with Gasteiger partial charge in [-0.3, -0.25) is 4.79 Å². The van der Waals surface area contributed by atoms with Gasteiger partial charge in [0, 0.05) is 10.0 Å². The van der Waals surface area contributed by atoms with Crippen molar-refractivity contribution in [2.24, 2.45) is 0 Å². The van der Waals surface area contributed by atoms with Crippen LogP contribution >= 0.6 is 15.9 Å². The molecule has 2 aromatic carbocycles. The van der Waals surface area contributed by atoms with Crippen LogP contribution in [0.3, 0.4) is 0 Å². The van der Waals surface area contributed by atoms with Gasteiger partial charge in [0.05, 0.1) is 0 Å². The number of carbonyl (C=O) groups excluding carboxylic acids is 2. The molecule has 0 saturated heterocycles. The fourth-order valence-electron chi connectivity index (χ4n) is 2.01. The number of halogens is 1. The Morgan fingerprint density at radius 2 is 1.61 bits per heavy atom. The van der Waals surface area contributed by atoms with E-state index in [1.165, 1.54) is 0 Å². The lowest BCUT2D eigenvalue weighted by Crippen LogP contribution is -2.39. The highest BCUT2D eigenvalue weighted by Crippen LogP contribution is 2.17. The Balaban J connectivity index is 1.92. The molecule has 0 heterocycles. The van der Waals surface area contributed by atoms with E-state index in [0.29, 0.717) is 5.56 Å². The molecule has 0 aliphatic heterocycles. The van der Waals surface area contributed by atoms with Crippen LogP contribution in [-0.4, -0.2) is 17.9 Å². The van der Waals surface area contributed by atoms with Crippen LogP contribution in [0.4, 0.5) is 0 Å². The topological polar surface area (TPSA) is 55.4 Å². The lowest BCUT2D eigenvalue weighted by Gasteiger charge is -2.18. The number of nitrogens with one attached hydrogen (secondary N) is 1. The highest BCUT2D eigenvalue weighted by atomic mass is 79.9. The Hall–Kier alpha value is -2.14. The summed E-state index contributed by atoms with van der Waals surface area (Å²) in [6, 6.07) is 15.7. The number of esters is 1. The van der Waals surface area contributed by atoms with Crippen LogP contribution in [0.15, 0.2) is 59.1 Å². The number of benzene rings is 2. The molecule has 2 rings (SSSR count). The summed E-state index contributed by atoms with van der Waals surface area (Å²) in [7, 11) is 0. The van der Waals surface area contributed by atoms with Gasteiger partial charge < -0.3 is 10.1 Å². The van der Waals surface area contributed by atoms with Crippen LogP contribution in [-0.2, 0) is 9.53 Å². The molecule has 1 N–H and O–H groups in total. The van der Waals surface area contributed by atoms with E-state index in [1.54, 1.807) is 38.1 Å². The Kier molecular flexibility index (Phi) is 5.93. The third-order valence-corrected chi connectivity index (χ3v) is 3.90. The molecule has 4 nitrogen and oxygen atoms in total. The molecule has 23 heavy (non-hydrogen) atoms. The number of rotatable bonds is 5. The minimum absolute atomic E-state index is 0.311. The second-order valence-electron chi connectivity index (χ2n) is 5.19. The quantitative estimate of drug-likeness (QED) is 0.806. The van der Waals surface area contributed by atoms with Crippen molar-refractivity contribution >= 4 is 27.8 Å². The highest BCUT2D eigenvalue weighted by Gasteiger charge is 2.20. The maximum absolute atomic E-state index is 12.1. The second-order valence-corrected chi connectivity index (χ2v) is 6.11. The van der Waals surface area contributed by atoms with Crippen molar-refractivity contribution in [1.82, 2.24) is 5.32 Å². The van der Waals surface area contributed by atoms with E-state index >= 15 is 0 Å². The van der Waals surface area contributed by atoms with E-state index in [4.69, 9.17) is 4.74 Å². The minimum atomic E-state index is -0.725. The maximum atomic E-state index is 12.1. The number of ether oxygens (including phenoxy) is 1. The SMILES string of the molecule is C[C@H](NC(=O)c1ccc(Br)cc1)C(=O)O[C@H](C)c1ccccc1. The summed E-state index contributed by atoms with van der Waals surface area (Å²) in [5.74, 6) is -0.777. The van der Waals surface area contributed by atoms with Crippen molar-refractivity contribution in [3.8, 4) is 0 Å². The van der Waals surface area contributed by atoms with Crippen LogP contribution in [0, 0.1) is 0 Å². The normalized spacial score (nSPS) is 13.0. The molecule has 5 heteroatoms. The highest BCUT2D eigenvalue weighted by molar-refractivity contribution is 9.10. The van der Waals surface area contributed by atoms with E-state index in [9.17, 15) is 9.59 Å². The fraction of sp³-hybridized carbons (Fsp3) is 0.222. The van der Waals surface area contributed by atoms with Crippen LogP contribution in [0.1, 0.15) is 35.9 Å². The molecular formula is C18H18BrNO3. The average Bonchev–Trinajstić information content (AvgIpc) is 2.56. The predicted molar refractivity (Wildman–Crippen MR) is 92.0 cm³/mol. The monoisotopic (exact) mass is 375 g/mol. The number of hydrogen-bond donors (Lipinski definition) is 1. The van der Waals surface area contributed by atoms with Gasteiger partial charge in [0.15, 0.2) is 0 Å². The fourth-order valence-corrected chi connectivity index (χ4v) is 2.27. The van der Waals surface area contributed by atoms with Gasteiger partial charge in [-0.05, 0) is 43.7 Å². The summed E-state index contributed by atoms with van der Waals surface area (Å²) in [6.45, 7) is 3.41. The van der Waals surface area contributed by atoms with Crippen LogP contribution in [0.5, 0.6) is 0 Å². The molecule has 2 aromatic rings. The van der Waals surface area contributed by atoms with Crippen molar-refractivity contribution in [2.75, 3.05) is 0 Å². The van der Waals surface area contributed by atoms with Gasteiger partial charge in [-0.1, -0.05) is 46.3 Å². The summed E-state index contributed by atoms with van der Waals surface area (Å²) in [5, 5.41) is 2.64. The molecule has 0 spiro atoms. The van der Waals surface area contributed by atoms with E-state index in [0.717, 1.165) is 10.0 Å². The summed E-state index contributed by atoms with van der Waals surface area (Å²) in [4.78, 5) is 24.2. The predicted octanol–water partition coefficient (Wildman–Crippen LogP) is 3.87. The molecule has 120 valence electrons. The third-order valence-electron chi connectivity index (χ3n) is 3.37. The first kappa shape index (κ1) is 17.2. The van der Waals surface area contributed by atoms with Crippen LogP contribution in [0.25, 0.3) is 0 Å². The summed E-state index contributed by atoms with van der Waals surface area (Å²) in [5.41, 5.74) is 1.40. The van der Waals surface area contributed by atoms with Gasteiger partial charge in [0.1, 0.15) is 12.1 Å². The second kappa shape index (κ2) is 7.92. The van der Waals surface area contributed by atoms with Gasteiger partial charge in [-0.25, -0.2) is 4.79 Å². The van der Waals surface area contributed by atoms with Crippen molar-refractivity contribution in [2.45, 2.75) is 26.0 Å². The Bertz CT molecular complexity index is 670. The van der Waals surface area contributed by atoms with Gasteiger partial charge in [0.2, 0.25) is 0 Å². The van der Waals surface area contributed by atoms with Crippen LogP contribution < -0.4 is 5.32 Å². The first-order chi connectivity index (χ1) is 11.0. The molecule has 0 saturated carbocycles. The van der Waals surface area contributed by atoms with E-state index < -0.39 is 12.0 Å².